The Labute approximate surface area is 62.0 Å². The molecule has 0 amide bonds. The number of hydrogen-bond donors (Lipinski definition) is 2. The van der Waals surface area contributed by atoms with Gasteiger partial charge in [-0.15, -0.1) is 6.58 Å². The van der Waals surface area contributed by atoms with Crippen molar-refractivity contribution in [3.63, 3.8) is 0 Å². The van der Waals surface area contributed by atoms with Crippen LogP contribution in [0, 0.1) is 0 Å². The van der Waals surface area contributed by atoms with Gasteiger partial charge in [0.15, 0.2) is 0 Å². The Balaban J connectivity index is 3.24. The molecule has 0 rings (SSSR count). The maximum Gasteiger partial charge on any atom is 0.0465 e. The van der Waals surface area contributed by atoms with Gasteiger partial charge in [-0.2, -0.15) is 0 Å². The molecule has 0 saturated heterocycles. The van der Waals surface area contributed by atoms with E-state index in [1.54, 1.807) is 6.08 Å². The normalized spacial score (nSPS) is 13.8. The largest absolute Gasteiger partial charge is 0.396 e. The summed E-state index contributed by atoms with van der Waals surface area (Å²) < 4.78 is 0. The van der Waals surface area contributed by atoms with Crippen LogP contribution in [0.25, 0.3) is 0 Å². The first-order valence-electron chi connectivity index (χ1n) is 3.45. The van der Waals surface area contributed by atoms with Crippen molar-refractivity contribution in [1.82, 2.24) is 0 Å². The summed E-state index contributed by atoms with van der Waals surface area (Å²) in [5, 5.41) is 8.39. The third-order valence-corrected chi connectivity index (χ3v) is 1.17. The predicted molar refractivity (Wildman–Crippen MR) is 43.6 cm³/mol. The molecule has 0 aliphatic carbocycles. The van der Waals surface area contributed by atoms with E-state index in [2.05, 4.69) is 6.58 Å². The van der Waals surface area contributed by atoms with Crippen LogP contribution >= 0.6 is 0 Å². The van der Waals surface area contributed by atoms with Crippen molar-refractivity contribution in [1.29, 1.82) is 0 Å². The Morgan fingerprint density at radius 1 is 1.50 bits per heavy atom. The zero-order chi connectivity index (χ0) is 7.82. The third-order valence-electron chi connectivity index (χ3n) is 1.17. The number of rotatable bonds is 5. The van der Waals surface area contributed by atoms with Gasteiger partial charge in [0.25, 0.3) is 0 Å². The quantitative estimate of drug-likeness (QED) is 0.557. The Bertz CT molecular complexity index is 110. The SMILES string of the molecule is C=C[C@@H](N)C/C=C\CCO. The summed E-state index contributed by atoms with van der Waals surface area (Å²) in [6.07, 6.45) is 7.11. The minimum atomic E-state index is 0.0509. The molecule has 2 nitrogen and oxygen atoms in total. The Hall–Kier alpha value is -0.600. The lowest BCUT2D eigenvalue weighted by atomic mass is 10.2. The zero-order valence-electron chi connectivity index (χ0n) is 6.16. The van der Waals surface area contributed by atoms with Crippen molar-refractivity contribution in [3.8, 4) is 0 Å². The smallest absolute Gasteiger partial charge is 0.0465 e. The van der Waals surface area contributed by atoms with Crippen LogP contribution in [0.5, 0.6) is 0 Å². The van der Waals surface area contributed by atoms with E-state index in [-0.39, 0.29) is 12.6 Å². The van der Waals surface area contributed by atoms with Gasteiger partial charge in [0, 0.05) is 12.6 Å². The van der Waals surface area contributed by atoms with E-state index in [1.165, 1.54) is 0 Å². The van der Waals surface area contributed by atoms with Crippen LogP contribution < -0.4 is 5.73 Å². The second-order valence-electron chi connectivity index (χ2n) is 2.12. The summed E-state index contributed by atoms with van der Waals surface area (Å²) in [6, 6.07) is 0.0509. The van der Waals surface area contributed by atoms with Crippen molar-refractivity contribution < 1.29 is 5.11 Å². The highest BCUT2D eigenvalue weighted by Gasteiger charge is 1.88. The molecule has 0 spiro atoms. The van der Waals surface area contributed by atoms with E-state index < -0.39 is 0 Å². The molecule has 0 aromatic rings. The van der Waals surface area contributed by atoms with E-state index >= 15 is 0 Å². The van der Waals surface area contributed by atoms with Crippen molar-refractivity contribution in [2.75, 3.05) is 6.61 Å². The molecule has 0 aromatic heterocycles. The monoisotopic (exact) mass is 141 g/mol. The molecular weight excluding hydrogens is 126 g/mol. The van der Waals surface area contributed by atoms with E-state index in [0.717, 1.165) is 6.42 Å². The molecule has 3 N–H and O–H groups in total. The van der Waals surface area contributed by atoms with Gasteiger partial charge in [0.05, 0.1) is 0 Å². The van der Waals surface area contributed by atoms with Crippen molar-refractivity contribution in [2.24, 2.45) is 5.73 Å². The second-order valence-corrected chi connectivity index (χ2v) is 2.12. The molecule has 0 radical (unpaired) electrons. The van der Waals surface area contributed by atoms with Gasteiger partial charge in [-0.1, -0.05) is 18.2 Å². The fourth-order valence-electron chi connectivity index (χ4n) is 0.542. The van der Waals surface area contributed by atoms with Crippen molar-refractivity contribution in [3.05, 3.63) is 24.8 Å². The maximum atomic E-state index is 8.39. The summed E-state index contributed by atoms with van der Waals surface area (Å²) in [5.74, 6) is 0. The summed E-state index contributed by atoms with van der Waals surface area (Å²) in [5.41, 5.74) is 5.52. The second kappa shape index (κ2) is 6.52. The van der Waals surface area contributed by atoms with Crippen LogP contribution in [0.3, 0.4) is 0 Å². The maximum absolute atomic E-state index is 8.39. The fraction of sp³-hybridized carbons (Fsp3) is 0.500. The number of nitrogens with two attached hydrogens (primary N) is 1. The zero-order valence-corrected chi connectivity index (χ0v) is 6.16. The fourth-order valence-corrected chi connectivity index (χ4v) is 0.542. The van der Waals surface area contributed by atoms with Gasteiger partial charge in [-0.05, 0) is 12.8 Å². The van der Waals surface area contributed by atoms with Crippen LogP contribution in [-0.4, -0.2) is 17.8 Å². The summed E-state index contributed by atoms with van der Waals surface area (Å²) >= 11 is 0. The van der Waals surface area contributed by atoms with Gasteiger partial charge < -0.3 is 10.8 Å². The highest BCUT2D eigenvalue weighted by atomic mass is 16.2. The first kappa shape index (κ1) is 9.40. The average molecular weight is 141 g/mol. The minimum absolute atomic E-state index is 0.0509. The molecule has 0 bridgehead atoms. The number of hydrogen-bond acceptors (Lipinski definition) is 2. The lowest BCUT2D eigenvalue weighted by molar-refractivity contribution is 0.302. The number of aliphatic hydroxyl groups is 1. The van der Waals surface area contributed by atoms with Crippen LogP contribution in [0.4, 0.5) is 0 Å². The molecule has 0 saturated carbocycles. The van der Waals surface area contributed by atoms with E-state index in [4.69, 9.17) is 10.8 Å². The molecule has 58 valence electrons. The van der Waals surface area contributed by atoms with Crippen LogP contribution in [0.15, 0.2) is 24.8 Å². The molecular formula is C8H15NO. The van der Waals surface area contributed by atoms with Crippen molar-refractivity contribution in [2.45, 2.75) is 18.9 Å². The van der Waals surface area contributed by atoms with Gasteiger partial charge in [0.2, 0.25) is 0 Å². The van der Waals surface area contributed by atoms with Crippen LogP contribution in [0.1, 0.15) is 12.8 Å². The molecule has 0 aliphatic heterocycles. The molecule has 0 aliphatic rings. The summed E-state index contributed by atoms with van der Waals surface area (Å²) in [7, 11) is 0. The van der Waals surface area contributed by atoms with Gasteiger partial charge >= 0.3 is 0 Å². The molecule has 1 atom stereocenters. The summed E-state index contributed by atoms with van der Waals surface area (Å²) in [4.78, 5) is 0. The predicted octanol–water partition coefficient (Wildman–Crippen LogP) is 0.828. The van der Waals surface area contributed by atoms with Gasteiger partial charge in [-0.3, -0.25) is 0 Å². The highest BCUT2D eigenvalue weighted by Crippen LogP contribution is 1.91. The van der Waals surface area contributed by atoms with E-state index in [0.29, 0.717) is 6.42 Å². The third kappa shape index (κ3) is 5.54. The van der Waals surface area contributed by atoms with Crippen LogP contribution in [-0.2, 0) is 0 Å². The lowest BCUT2D eigenvalue weighted by Gasteiger charge is -1.98. The average Bonchev–Trinajstić information content (AvgIpc) is 1.98. The first-order chi connectivity index (χ1) is 4.81. The minimum Gasteiger partial charge on any atom is -0.396 e. The van der Waals surface area contributed by atoms with Crippen LogP contribution in [0.2, 0.25) is 0 Å². The van der Waals surface area contributed by atoms with Crippen molar-refractivity contribution >= 4 is 0 Å². The van der Waals surface area contributed by atoms with Gasteiger partial charge in [0.1, 0.15) is 0 Å². The molecule has 0 fully saturated rings. The Kier molecular flexibility index (Phi) is 6.13. The molecule has 0 heterocycles. The molecule has 10 heavy (non-hydrogen) atoms. The molecule has 2 heteroatoms. The molecule has 0 unspecified atom stereocenters. The topological polar surface area (TPSA) is 46.2 Å². The van der Waals surface area contributed by atoms with E-state index in [1.807, 2.05) is 12.2 Å². The summed E-state index contributed by atoms with van der Waals surface area (Å²) in [6.45, 7) is 3.76. The molecule has 0 aromatic carbocycles. The lowest BCUT2D eigenvalue weighted by Crippen LogP contribution is -2.14. The van der Waals surface area contributed by atoms with Gasteiger partial charge in [-0.25, -0.2) is 0 Å². The first-order valence-corrected chi connectivity index (χ1v) is 3.45. The Morgan fingerprint density at radius 3 is 2.70 bits per heavy atom. The Morgan fingerprint density at radius 2 is 2.20 bits per heavy atom. The standard InChI is InChI=1S/C8H15NO/c1-2-8(9)6-4-3-5-7-10/h2-4,8,10H,1,5-7,9H2/b4-3-/t8-/m1/s1. The number of aliphatic hydroxyl groups excluding tert-OH is 1. The highest BCUT2D eigenvalue weighted by molar-refractivity contribution is 4.92. The van der Waals surface area contributed by atoms with E-state index in [9.17, 15) is 0 Å².